The summed E-state index contributed by atoms with van der Waals surface area (Å²) in [6, 6.07) is 4.13. The number of anilines is 2. The van der Waals surface area contributed by atoms with Gasteiger partial charge in [-0.1, -0.05) is 6.08 Å². The standard InChI is InChI=1S/C12H13N3O3/c1-2-8-5-12(16)14(7-8)11-4-3-9(15(17)18)6-10(11)13/h2-4,6,8H,1,5,7,13H2. The van der Waals surface area contributed by atoms with Crippen LogP contribution in [0.2, 0.25) is 0 Å². The highest BCUT2D eigenvalue weighted by Gasteiger charge is 2.30. The number of rotatable bonds is 3. The monoisotopic (exact) mass is 247 g/mol. The van der Waals surface area contributed by atoms with Crippen molar-refractivity contribution in [3.8, 4) is 0 Å². The first-order valence-electron chi connectivity index (χ1n) is 5.49. The first kappa shape index (κ1) is 12.1. The van der Waals surface area contributed by atoms with Crippen molar-refractivity contribution in [2.45, 2.75) is 6.42 Å². The molecule has 1 heterocycles. The lowest BCUT2D eigenvalue weighted by Gasteiger charge is -2.18. The number of nitro benzene ring substituents is 1. The second kappa shape index (κ2) is 4.48. The lowest BCUT2D eigenvalue weighted by Crippen LogP contribution is -2.25. The third-order valence-electron chi connectivity index (χ3n) is 3.00. The van der Waals surface area contributed by atoms with Crippen molar-refractivity contribution in [3.63, 3.8) is 0 Å². The van der Waals surface area contributed by atoms with Crippen molar-refractivity contribution in [1.82, 2.24) is 0 Å². The molecule has 6 nitrogen and oxygen atoms in total. The highest BCUT2D eigenvalue weighted by Crippen LogP contribution is 2.32. The van der Waals surface area contributed by atoms with Gasteiger partial charge >= 0.3 is 0 Å². The number of hydrogen-bond acceptors (Lipinski definition) is 4. The van der Waals surface area contributed by atoms with Crippen LogP contribution in [0.25, 0.3) is 0 Å². The third kappa shape index (κ3) is 2.04. The summed E-state index contributed by atoms with van der Waals surface area (Å²) < 4.78 is 0. The predicted molar refractivity (Wildman–Crippen MR) is 68.2 cm³/mol. The van der Waals surface area contributed by atoms with Gasteiger partial charge in [0, 0.05) is 31.0 Å². The number of amides is 1. The fourth-order valence-electron chi connectivity index (χ4n) is 2.03. The van der Waals surface area contributed by atoms with Crippen LogP contribution in [0, 0.1) is 16.0 Å². The zero-order chi connectivity index (χ0) is 13.3. The largest absolute Gasteiger partial charge is 0.397 e. The van der Waals surface area contributed by atoms with Gasteiger partial charge in [0.25, 0.3) is 5.69 Å². The molecular weight excluding hydrogens is 234 g/mol. The van der Waals surface area contributed by atoms with Crippen molar-refractivity contribution in [2.75, 3.05) is 17.2 Å². The molecule has 18 heavy (non-hydrogen) atoms. The Balaban J connectivity index is 2.32. The molecule has 1 saturated heterocycles. The van der Waals surface area contributed by atoms with E-state index >= 15 is 0 Å². The van der Waals surface area contributed by atoms with Crippen molar-refractivity contribution >= 4 is 23.0 Å². The zero-order valence-electron chi connectivity index (χ0n) is 9.70. The number of nitrogen functional groups attached to an aromatic ring is 1. The molecular formula is C12H13N3O3. The minimum absolute atomic E-state index is 0.0412. The van der Waals surface area contributed by atoms with Crippen LogP contribution >= 0.6 is 0 Å². The number of nitrogens with two attached hydrogens (primary N) is 1. The van der Waals surface area contributed by atoms with Gasteiger partial charge in [-0.15, -0.1) is 6.58 Å². The van der Waals surface area contributed by atoms with Gasteiger partial charge in [0.05, 0.1) is 16.3 Å². The highest BCUT2D eigenvalue weighted by molar-refractivity contribution is 5.98. The Morgan fingerprint density at radius 3 is 2.78 bits per heavy atom. The molecule has 0 saturated carbocycles. The van der Waals surface area contributed by atoms with E-state index in [2.05, 4.69) is 6.58 Å². The number of non-ortho nitro benzene ring substituents is 1. The van der Waals surface area contributed by atoms with Crippen LogP contribution in [0.15, 0.2) is 30.9 Å². The van der Waals surface area contributed by atoms with Crippen LogP contribution in [0.4, 0.5) is 17.1 Å². The quantitative estimate of drug-likeness (QED) is 0.381. The molecule has 1 aromatic carbocycles. The van der Waals surface area contributed by atoms with E-state index in [9.17, 15) is 14.9 Å². The van der Waals surface area contributed by atoms with E-state index in [1.807, 2.05) is 0 Å². The van der Waals surface area contributed by atoms with E-state index in [0.717, 1.165) is 0 Å². The summed E-state index contributed by atoms with van der Waals surface area (Å²) in [6.07, 6.45) is 2.14. The molecule has 0 aromatic heterocycles. The number of carbonyl (C=O) groups excluding carboxylic acids is 1. The molecule has 1 fully saturated rings. The van der Waals surface area contributed by atoms with Gasteiger partial charge in [-0.2, -0.15) is 0 Å². The fraction of sp³-hybridized carbons (Fsp3) is 0.250. The number of nitro groups is 1. The van der Waals surface area contributed by atoms with E-state index < -0.39 is 4.92 Å². The molecule has 6 heteroatoms. The van der Waals surface area contributed by atoms with Gasteiger partial charge in [-0.05, 0) is 6.07 Å². The maximum atomic E-state index is 11.8. The van der Waals surface area contributed by atoms with Gasteiger partial charge in [0.1, 0.15) is 0 Å². The van der Waals surface area contributed by atoms with E-state index in [-0.39, 0.29) is 23.2 Å². The molecule has 1 atom stereocenters. The number of hydrogen-bond donors (Lipinski definition) is 1. The van der Waals surface area contributed by atoms with Crippen molar-refractivity contribution < 1.29 is 9.72 Å². The second-order valence-electron chi connectivity index (χ2n) is 4.20. The Kier molecular flexibility index (Phi) is 3.01. The first-order valence-corrected chi connectivity index (χ1v) is 5.49. The Bertz CT molecular complexity index is 527. The van der Waals surface area contributed by atoms with Crippen LogP contribution in [0.3, 0.4) is 0 Å². The molecule has 0 bridgehead atoms. The SMILES string of the molecule is C=CC1CC(=O)N(c2ccc([N+](=O)[O-])cc2N)C1. The number of benzene rings is 1. The van der Waals surface area contributed by atoms with Crippen LogP contribution in [0.1, 0.15) is 6.42 Å². The summed E-state index contributed by atoms with van der Waals surface area (Å²) in [5.74, 6) is 0.0625. The molecule has 1 amide bonds. The number of carbonyl (C=O) groups is 1. The van der Waals surface area contributed by atoms with Gasteiger partial charge in [0.15, 0.2) is 0 Å². The molecule has 94 valence electrons. The Hall–Kier alpha value is -2.37. The van der Waals surface area contributed by atoms with E-state index in [4.69, 9.17) is 5.73 Å². The van der Waals surface area contributed by atoms with E-state index in [1.165, 1.54) is 18.2 Å². The fourth-order valence-corrected chi connectivity index (χ4v) is 2.03. The average Bonchev–Trinajstić information content (AvgIpc) is 2.70. The minimum Gasteiger partial charge on any atom is -0.397 e. The summed E-state index contributed by atoms with van der Waals surface area (Å²) >= 11 is 0. The Morgan fingerprint density at radius 2 is 2.28 bits per heavy atom. The summed E-state index contributed by atoms with van der Waals surface area (Å²) in [5.41, 5.74) is 6.44. The molecule has 1 aliphatic rings. The van der Waals surface area contributed by atoms with E-state index in [0.29, 0.717) is 18.7 Å². The summed E-state index contributed by atoms with van der Waals surface area (Å²) in [7, 11) is 0. The lowest BCUT2D eigenvalue weighted by molar-refractivity contribution is -0.384. The van der Waals surface area contributed by atoms with Crippen LogP contribution < -0.4 is 10.6 Å². The molecule has 1 unspecified atom stereocenters. The second-order valence-corrected chi connectivity index (χ2v) is 4.20. The predicted octanol–water partition coefficient (Wildman–Crippen LogP) is 1.72. The van der Waals surface area contributed by atoms with Gasteiger partial charge in [0.2, 0.25) is 5.91 Å². The highest BCUT2D eigenvalue weighted by atomic mass is 16.6. The summed E-state index contributed by atoms with van der Waals surface area (Å²) in [6.45, 7) is 4.18. The van der Waals surface area contributed by atoms with Crippen molar-refractivity contribution in [2.24, 2.45) is 5.92 Å². The van der Waals surface area contributed by atoms with Crippen molar-refractivity contribution in [1.29, 1.82) is 0 Å². The minimum atomic E-state index is -0.515. The van der Waals surface area contributed by atoms with Gasteiger partial charge < -0.3 is 10.6 Å². The smallest absolute Gasteiger partial charge is 0.271 e. The summed E-state index contributed by atoms with van der Waals surface area (Å²) in [4.78, 5) is 23.4. The van der Waals surface area contributed by atoms with Gasteiger partial charge in [-0.25, -0.2) is 0 Å². The van der Waals surface area contributed by atoms with Gasteiger partial charge in [-0.3, -0.25) is 14.9 Å². The maximum Gasteiger partial charge on any atom is 0.271 e. The lowest BCUT2D eigenvalue weighted by atomic mass is 10.1. The third-order valence-corrected chi connectivity index (χ3v) is 3.00. The molecule has 0 aliphatic carbocycles. The molecule has 0 radical (unpaired) electrons. The zero-order valence-corrected chi connectivity index (χ0v) is 9.70. The van der Waals surface area contributed by atoms with Crippen LogP contribution in [-0.2, 0) is 4.79 Å². The molecule has 2 N–H and O–H groups in total. The summed E-state index contributed by atoms with van der Waals surface area (Å²) in [5, 5.41) is 10.6. The van der Waals surface area contributed by atoms with Crippen molar-refractivity contribution in [3.05, 3.63) is 41.0 Å². The maximum absolute atomic E-state index is 11.8. The van der Waals surface area contributed by atoms with Crippen LogP contribution in [0.5, 0.6) is 0 Å². The van der Waals surface area contributed by atoms with Crippen LogP contribution in [-0.4, -0.2) is 17.4 Å². The molecule has 1 aliphatic heterocycles. The number of nitrogens with zero attached hydrogens (tertiary/aromatic N) is 2. The molecule has 2 rings (SSSR count). The van der Waals surface area contributed by atoms with E-state index in [1.54, 1.807) is 11.0 Å². The normalized spacial score (nSPS) is 19.0. The Morgan fingerprint density at radius 1 is 1.56 bits per heavy atom. The first-order chi connectivity index (χ1) is 8.52. The molecule has 1 aromatic rings. The Labute approximate surface area is 104 Å². The molecule has 0 spiro atoms. The topological polar surface area (TPSA) is 89.5 Å². The average molecular weight is 247 g/mol.